The molecule has 0 fully saturated rings. The molecule has 0 radical (unpaired) electrons. The fraction of sp³-hybridized carbons (Fsp3) is 0. The molecule has 0 aliphatic heterocycles. The summed E-state index contributed by atoms with van der Waals surface area (Å²) in [6.45, 7) is 0. The van der Waals surface area contributed by atoms with Crippen molar-refractivity contribution in [1.29, 1.82) is 0 Å². The van der Waals surface area contributed by atoms with Gasteiger partial charge in [-0.15, -0.1) is 0 Å². The number of hydrogen-bond donors (Lipinski definition) is 1. The standard InChI is InChI=1S/C20H11BrClN3O5/c21-15-4-1-11(8-16(15)22)17-6-3-14(29-17)10-23-24-20(26)19-9-12-7-13(25(27)28)2-5-18(12)30-19/h1-10H,(H,24,26)/b23-10-. The first-order chi connectivity index (χ1) is 14.4. The molecule has 1 amide bonds. The highest BCUT2D eigenvalue weighted by atomic mass is 79.9. The van der Waals surface area contributed by atoms with E-state index in [-0.39, 0.29) is 11.4 Å². The molecule has 8 nitrogen and oxygen atoms in total. The molecule has 4 rings (SSSR count). The number of halogens is 2. The Bertz CT molecular complexity index is 1310. The Morgan fingerprint density at radius 3 is 2.73 bits per heavy atom. The minimum absolute atomic E-state index is 0.0210. The molecule has 2 aromatic heterocycles. The molecule has 0 saturated heterocycles. The molecule has 0 aliphatic rings. The Hall–Kier alpha value is -3.43. The lowest BCUT2D eigenvalue weighted by molar-refractivity contribution is -0.384. The summed E-state index contributed by atoms with van der Waals surface area (Å²) in [6, 6.07) is 14.4. The summed E-state index contributed by atoms with van der Waals surface area (Å²) in [7, 11) is 0. The number of rotatable bonds is 5. The number of nitro benzene ring substituents is 1. The molecule has 150 valence electrons. The quantitative estimate of drug-likeness (QED) is 0.217. The highest BCUT2D eigenvalue weighted by Gasteiger charge is 2.14. The monoisotopic (exact) mass is 487 g/mol. The molecule has 10 heteroatoms. The SMILES string of the molecule is O=C(N/N=C\c1ccc(-c2ccc(Br)c(Cl)c2)o1)c1cc2cc([N+](=O)[O-])ccc2o1. The van der Waals surface area contributed by atoms with E-state index in [1.165, 1.54) is 30.5 Å². The number of carbonyl (C=O) groups is 1. The number of hydrazone groups is 1. The number of furan rings is 2. The molecule has 0 spiro atoms. The number of non-ortho nitro benzene ring substituents is 1. The second kappa shape index (κ2) is 8.13. The van der Waals surface area contributed by atoms with Gasteiger partial charge in [-0.3, -0.25) is 14.9 Å². The number of nitrogens with zero attached hydrogens (tertiary/aromatic N) is 2. The van der Waals surface area contributed by atoms with Gasteiger partial charge in [0.1, 0.15) is 17.1 Å². The van der Waals surface area contributed by atoms with Crippen molar-refractivity contribution in [3.63, 3.8) is 0 Å². The third-order valence-corrected chi connectivity index (χ3v) is 5.36. The third-order valence-electron chi connectivity index (χ3n) is 4.12. The first kappa shape index (κ1) is 19.9. The van der Waals surface area contributed by atoms with E-state index < -0.39 is 10.8 Å². The molecular weight excluding hydrogens is 478 g/mol. The van der Waals surface area contributed by atoms with Crippen LogP contribution in [0.2, 0.25) is 5.02 Å². The van der Waals surface area contributed by atoms with E-state index in [0.29, 0.717) is 27.5 Å². The molecule has 30 heavy (non-hydrogen) atoms. The number of fused-ring (bicyclic) bond motifs is 1. The summed E-state index contributed by atoms with van der Waals surface area (Å²) < 4.78 is 11.9. The first-order valence-corrected chi connectivity index (χ1v) is 9.64. The average Bonchev–Trinajstić information content (AvgIpc) is 3.36. The molecule has 1 N–H and O–H groups in total. The van der Waals surface area contributed by atoms with E-state index in [2.05, 4.69) is 26.5 Å². The molecule has 0 unspecified atom stereocenters. The van der Waals surface area contributed by atoms with Crippen molar-refractivity contribution in [3.8, 4) is 11.3 Å². The lowest BCUT2D eigenvalue weighted by Crippen LogP contribution is -2.16. The molecular formula is C20H11BrClN3O5. The van der Waals surface area contributed by atoms with Crippen molar-refractivity contribution in [2.45, 2.75) is 0 Å². The minimum atomic E-state index is -0.600. The van der Waals surface area contributed by atoms with Crippen molar-refractivity contribution >= 4 is 56.3 Å². The molecule has 4 aromatic rings. The van der Waals surface area contributed by atoms with Crippen molar-refractivity contribution in [2.24, 2.45) is 5.10 Å². The van der Waals surface area contributed by atoms with E-state index in [4.69, 9.17) is 20.4 Å². The van der Waals surface area contributed by atoms with E-state index in [0.717, 1.165) is 10.0 Å². The minimum Gasteiger partial charge on any atom is -0.455 e. The maximum Gasteiger partial charge on any atom is 0.307 e. The van der Waals surface area contributed by atoms with E-state index in [1.807, 2.05) is 12.1 Å². The molecule has 0 atom stereocenters. The summed E-state index contributed by atoms with van der Waals surface area (Å²) in [4.78, 5) is 22.5. The zero-order valence-electron chi connectivity index (χ0n) is 15.0. The summed E-state index contributed by atoms with van der Waals surface area (Å²) in [5.41, 5.74) is 3.39. The Balaban J connectivity index is 1.45. The van der Waals surface area contributed by atoms with Crippen LogP contribution in [0.1, 0.15) is 16.3 Å². The topological polar surface area (TPSA) is 111 Å². The van der Waals surface area contributed by atoms with Gasteiger partial charge in [0.15, 0.2) is 5.76 Å². The summed E-state index contributed by atoms with van der Waals surface area (Å²) >= 11 is 9.43. The molecule has 2 aromatic carbocycles. The van der Waals surface area contributed by atoms with Gasteiger partial charge in [-0.05, 0) is 52.3 Å². The zero-order chi connectivity index (χ0) is 21.3. The number of benzene rings is 2. The fourth-order valence-electron chi connectivity index (χ4n) is 2.69. The van der Waals surface area contributed by atoms with Gasteiger partial charge >= 0.3 is 5.91 Å². The maximum atomic E-state index is 12.2. The fourth-order valence-corrected chi connectivity index (χ4v) is 3.12. The van der Waals surface area contributed by atoms with Crippen LogP contribution in [0.15, 0.2) is 73.0 Å². The van der Waals surface area contributed by atoms with Gasteiger partial charge in [0.25, 0.3) is 5.69 Å². The van der Waals surface area contributed by atoms with Gasteiger partial charge in [-0.25, -0.2) is 5.43 Å². The largest absolute Gasteiger partial charge is 0.455 e. The van der Waals surface area contributed by atoms with Crippen LogP contribution in [0.4, 0.5) is 5.69 Å². The normalized spacial score (nSPS) is 11.3. The lowest BCUT2D eigenvalue weighted by Gasteiger charge is -1.99. The number of nitro groups is 1. The van der Waals surface area contributed by atoms with Crippen molar-refractivity contribution in [3.05, 3.63) is 85.7 Å². The summed E-state index contributed by atoms with van der Waals surface area (Å²) in [5.74, 6) is 0.393. The van der Waals surface area contributed by atoms with Gasteiger partial charge in [0.05, 0.1) is 16.2 Å². The van der Waals surface area contributed by atoms with Gasteiger partial charge in [-0.1, -0.05) is 17.7 Å². The molecule has 0 bridgehead atoms. The Morgan fingerprint density at radius 1 is 1.13 bits per heavy atom. The Labute approximate surface area is 182 Å². The van der Waals surface area contributed by atoms with Crippen LogP contribution < -0.4 is 5.43 Å². The van der Waals surface area contributed by atoms with Crippen LogP contribution in [0.5, 0.6) is 0 Å². The van der Waals surface area contributed by atoms with Crippen LogP contribution in [-0.4, -0.2) is 17.0 Å². The van der Waals surface area contributed by atoms with E-state index in [1.54, 1.807) is 18.2 Å². The van der Waals surface area contributed by atoms with Crippen LogP contribution in [0.25, 0.3) is 22.3 Å². The van der Waals surface area contributed by atoms with Crippen LogP contribution in [0.3, 0.4) is 0 Å². The van der Waals surface area contributed by atoms with Gasteiger partial charge < -0.3 is 8.83 Å². The molecule has 2 heterocycles. The number of nitrogens with one attached hydrogen (secondary N) is 1. The predicted molar refractivity (Wildman–Crippen MR) is 115 cm³/mol. The van der Waals surface area contributed by atoms with Gasteiger partial charge in [-0.2, -0.15) is 5.10 Å². The van der Waals surface area contributed by atoms with Crippen LogP contribution in [-0.2, 0) is 0 Å². The number of hydrogen-bond acceptors (Lipinski definition) is 6. The predicted octanol–water partition coefficient (Wildman–Crippen LogP) is 5.78. The average molecular weight is 489 g/mol. The van der Waals surface area contributed by atoms with E-state index in [9.17, 15) is 14.9 Å². The van der Waals surface area contributed by atoms with Crippen molar-refractivity contribution in [1.82, 2.24) is 5.43 Å². The first-order valence-electron chi connectivity index (χ1n) is 8.47. The van der Waals surface area contributed by atoms with Crippen LogP contribution >= 0.6 is 27.5 Å². The lowest BCUT2D eigenvalue weighted by atomic mass is 10.2. The van der Waals surface area contributed by atoms with Gasteiger partial charge in [0.2, 0.25) is 0 Å². The number of amides is 1. The third kappa shape index (κ3) is 4.12. The van der Waals surface area contributed by atoms with Gasteiger partial charge in [0, 0.05) is 27.6 Å². The second-order valence-corrected chi connectivity index (χ2v) is 7.38. The zero-order valence-corrected chi connectivity index (χ0v) is 17.3. The number of carbonyl (C=O) groups excluding carboxylic acids is 1. The van der Waals surface area contributed by atoms with Crippen molar-refractivity contribution < 1.29 is 18.6 Å². The van der Waals surface area contributed by atoms with Crippen LogP contribution in [0, 0.1) is 10.1 Å². The highest BCUT2D eigenvalue weighted by Crippen LogP contribution is 2.29. The molecule has 0 aliphatic carbocycles. The maximum absolute atomic E-state index is 12.2. The smallest absolute Gasteiger partial charge is 0.307 e. The highest BCUT2D eigenvalue weighted by molar-refractivity contribution is 9.10. The Kier molecular flexibility index (Phi) is 5.39. The second-order valence-electron chi connectivity index (χ2n) is 6.12. The van der Waals surface area contributed by atoms with Crippen molar-refractivity contribution in [2.75, 3.05) is 0 Å². The summed E-state index contributed by atoms with van der Waals surface area (Å²) in [6.07, 6.45) is 1.34. The van der Waals surface area contributed by atoms with E-state index >= 15 is 0 Å². The Morgan fingerprint density at radius 2 is 1.97 bits per heavy atom. The molecule has 0 saturated carbocycles. The summed E-state index contributed by atoms with van der Waals surface area (Å²) in [5, 5.41) is 15.7.